The smallest absolute Gasteiger partial charge is 0.270 e. The van der Waals surface area contributed by atoms with Crippen molar-refractivity contribution in [2.45, 2.75) is 66.0 Å². The van der Waals surface area contributed by atoms with Crippen LogP contribution in [0.4, 0.5) is 5.69 Å². The number of benzene rings is 1. The summed E-state index contributed by atoms with van der Waals surface area (Å²) < 4.78 is 5.93. The first-order valence-corrected chi connectivity index (χ1v) is 8.48. The quantitative estimate of drug-likeness (QED) is 0.911. The monoisotopic (exact) mass is 318 g/mol. The van der Waals surface area contributed by atoms with Crippen LogP contribution in [0, 0.1) is 5.41 Å². The molecule has 0 saturated heterocycles. The number of carbonyl (C=O) groups is 1. The summed E-state index contributed by atoms with van der Waals surface area (Å²) in [4.78, 5) is 14.6. The molecule has 1 atom stereocenters. The number of unbranched alkanes of at least 4 members (excludes halogenated alkanes) is 1. The molecule has 4 heteroatoms. The molecule has 128 valence electrons. The number of fused-ring (bicyclic) bond motifs is 1. The van der Waals surface area contributed by atoms with Crippen LogP contribution in [0.25, 0.3) is 0 Å². The van der Waals surface area contributed by atoms with Gasteiger partial charge in [0.1, 0.15) is 5.75 Å². The standard InChI is InChI=1S/C19H30N2O2/c1-7-8-11-21-14-12-13(16(20)18(2,3)4)9-10-15(14)23-19(5,6)17(21)22/h9-10,12,16H,7-8,11,20H2,1-6H3. The van der Waals surface area contributed by atoms with Crippen LogP contribution < -0.4 is 15.4 Å². The summed E-state index contributed by atoms with van der Waals surface area (Å²) in [7, 11) is 0. The van der Waals surface area contributed by atoms with E-state index in [2.05, 4.69) is 27.7 Å². The van der Waals surface area contributed by atoms with Gasteiger partial charge in [-0.3, -0.25) is 4.79 Å². The molecule has 1 aliphatic rings. The molecule has 0 aliphatic carbocycles. The van der Waals surface area contributed by atoms with Crippen molar-refractivity contribution in [2.24, 2.45) is 11.1 Å². The zero-order valence-corrected chi connectivity index (χ0v) is 15.3. The molecule has 0 spiro atoms. The fourth-order valence-electron chi connectivity index (χ4n) is 2.82. The third kappa shape index (κ3) is 3.52. The number of hydrogen-bond donors (Lipinski definition) is 1. The molecular formula is C19H30N2O2. The zero-order valence-electron chi connectivity index (χ0n) is 15.3. The normalized spacial score (nSPS) is 18.4. The number of hydrogen-bond acceptors (Lipinski definition) is 3. The first-order valence-electron chi connectivity index (χ1n) is 8.48. The molecule has 0 aromatic heterocycles. The lowest BCUT2D eigenvalue weighted by Gasteiger charge is -2.39. The number of rotatable bonds is 4. The Morgan fingerprint density at radius 2 is 1.96 bits per heavy atom. The molecule has 23 heavy (non-hydrogen) atoms. The van der Waals surface area contributed by atoms with Crippen LogP contribution in [0.3, 0.4) is 0 Å². The SMILES string of the molecule is CCCCN1C(=O)C(C)(C)Oc2ccc(C(N)C(C)(C)C)cc21. The van der Waals surface area contributed by atoms with E-state index in [-0.39, 0.29) is 17.4 Å². The van der Waals surface area contributed by atoms with Crippen molar-refractivity contribution < 1.29 is 9.53 Å². The van der Waals surface area contributed by atoms with E-state index in [1.54, 1.807) is 0 Å². The fraction of sp³-hybridized carbons (Fsp3) is 0.632. The van der Waals surface area contributed by atoms with Crippen molar-refractivity contribution in [1.82, 2.24) is 0 Å². The van der Waals surface area contributed by atoms with Gasteiger partial charge in [-0.1, -0.05) is 40.2 Å². The van der Waals surface area contributed by atoms with Gasteiger partial charge in [0.05, 0.1) is 5.69 Å². The van der Waals surface area contributed by atoms with E-state index >= 15 is 0 Å². The number of anilines is 1. The number of nitrogens with two attached hydrogens (primary N) is 1. The molecule has 1 aliphatic heterocycles. The van der Waals surface area contributed by atoms with Crippen molar-refractivity contribution in [1.29, 1.82) is 0 Å². The summed E-state index contributed by atoms with van der Waals surface area (Å²) in [6.45, 7) is 12.9. The number of carbonyl (C=O) groups excluding carboxylic acids is 1. The van der Waals surface area contributed by atoms with Crippen LogP contribution in [0.15, 0.2) is 18.2 Å². The van der Waals surface area contributed by atoms with E-state index in [9.17, 15) is 4.79 Å². The van der Waals surface area contributed by atoms with Gasteiger partial charge in [-0.2, -0.15) is 0 Å². The molecule has 4 nitrogen and oxygen atoms in total. The molecule has 2 rings (SSSR count). The van der Waals surface area contributed by atoms with E-state index in [0.717, 1.165) is 29.8 Å². The Morgan fingerprint density at radius 1 is 1.30 bits per heavy atom. The zero-order chi connectivity index (χ0) is 17.4. The second-order valence-corrected chi connectivity index (χ2v) is 7.99. The van der Waals surface area contributed by atoms with E-state index in [4.69, 9.17) is 10.5 Å². The highest BCUT2D eigenvalue weighted by atomic mass is 16.5. The van der Waals surface area contributed by atoms with Crippen molar-refractivity contribution in [3.05, 3.63) is 23.8 Å². The van der Waals surface area contributed by atoms with Gasteiger partial charge in [0.25, 0.3) is 5.91 Å². The molecule has 1 heterocycles. The summed E-state index contributed by atoms with van der Waals surface area (Å²) in [5, 5.41) is 0. The molecule has 1 aromatic rings. The van der Waals surface area contributed by atoms with Gasteiger partial charge in [-0.05, 0) is 43.4 Å². The van der Waals surface area contributed by atoms with Gasteiger partial charge in [0, 0.05) is 12.6 Å². The Morgan fingerprint density at radius 3 is 2.52 bits per heavy atom. The Hall–Kier alpha value is -1.55. The Balaban J connectivity index is 2.46. The second kappa shape index (κ2) is 6.16. The number of ether oxygens (including phenoxy) is 1. The third-order valence-corrected chi connectivity index (χ3v) is 4.43. The maximum atomic E-state index is 12.8. The fourth-order valence-corrected chi connectivity index (χ4v) is 2.82. The van der Waals surface area contributed by atoms with Gasteiger partial charge >= 0.3 is 0 Å². The minimum Gasteiger partial charge on any atom is -0.476 e. The topological polar surface area (TPSA) is 55.6 Å². The predicted octanol–water partition coefficient (Wildman–Crippen LogP) is 4.04. The van der Waals surface area contributed by atoms with E-state index in [0.29, 0.717) is 6.54 Å². The summed E-state index contributed by atoms with van der Waals surface area (Å²) in [5.74, 6) is 0.774. The number of amides is 1. The van der Waals surface area contributed by atoms with Crippen LogP contribution in [0.2, 0.25) is 0 Å². The highest BCUT2D eigenvalue weighted by Gasteiger charge is 2.41. The molecule has 0 radical (unpaired) electrons. The molecule has 0 saturated carbocycles. The van der Waals surface area contributed by atoms with Crippen LogP contribution >= 0.6 is 0 Å². The van der Waals surface area contributed by atoms with Gasteiger partial charge in [0.15, 0.2) is 5.60 Å². The average molecular weight is 318 g/mol. The van der Waals surface area contributed by atoms with Crippen LogP contribution in [0.5, 0.6) is 5.75 Å². The summed E-state index contributed by atoms with van der Waals surface area (Å²) in [6.07, 6.45) is 2.01. The largest absolute Gasteiger partial charge is 0.476 e. The highest BCUT2D eigenvalue weighted by Crippen LogP contribution is 2.41. The first-order chi connectivity index (χ1) is 10.6. The molecule has 1 aromatic carbocycles. The van der Waals surface area contributed by atoms with Crippen molar-refractivity contribution in [3.8, 4) is 5.75 Å². The maximum absolute atomic E-state index is 12.8. The van der Waals surface area contributed by atoms with Crippen molar-refractivity contribution in [2.75, 3.05) is 11.4 Å². The lowest BCUT2D eigenvalue weighted by atomic mass is 9.83. The van der Waals surface area contributed by atoms with Gasteiger partial charge in [0.2, 0.25) is 0 Å². The van der Waals surface area contributed by atoms with E-state index in [1.165, 1.54) is 0 Å². The summed E-state index contributed by atoms with van der Waals surface area (Å²) in [5.41, 5.74) is 7.41. The minimum atomic E-state index is -0.825. The molecule has 2 N–H and O–H groups in total. The predicted molar refractivity (Wildman–Crippen MR) is 94.8 cm³/mol. The minimum absolute atomic E-state index is 0.0138. The molecular weight excluding hydrogens is 288 g/mol. The first kappa shape index (κ1) is 17.8. The molecule has 0 fully saturated rings. The van der Waals surface area contributed by atoms with Crippen LogP contribution in [0.1, 0.15) is 66.0 Å². The second-order valence-electron chi connectivity index (χ2n) is 7.99. The number of nitrogens with zero attached hydrogens (tertiary/aromatic N) is 1. The van der Waals surface area contributed by atoms with Crippen molar-refractivity contribution >= 4 is 11.6 Å². The highest BCUT2D eigenvalue weighted by molar-refractivity contribution is 6.02. The van der Waals surface area contributed by atoms with Gasteiger partial charge < -0.3 is 15.4 Å². The Labute approximate surface area is 140 Å². The lowest BCUT2D eigenvalue weighted by Crippen LogP contribution is -2.52. The Kier molecular flexibility index (Phi) is 4.76. The maximum Gasteiger partial charge on any atom is 0.270 e. The van der Waals surface area contributed by atoms with Gasteiger partial charge in [-0.25, -0.2) is 0 Å². The van der Waals surface area contributed by atoms with E-state index < -0.39 is 5.60 Å². The average Bonchev–Trinajstić information content (AvgIpc) is 2.45. The molecule has 1 amide bonds. The van der Waals surface area contributed by atoms with Crippen molar-refractivity contribution in [3.63, 3.8) is 0 Å². The third-order valence-electron chi connectivity index (χ3n) is 4.43. The van der Waals surface area contributed by atoms with Gasteiger partial charge in [-0.15, -0.1) is 0 Å². The Bertz CT molecular complexity index is 588. The summed E-state index contributed by atoms with van der Waals surface area (Å²) in [6, 6.07) is 5.89. The summed E-state index contributed by atoms with van der Waals surface area (Å²) >= 11 is 0. The lowest BCUT2D eigenvalue weighted by molar-refractivity contribution is -0.132. The molecule has 1 unspecified atom stereocenters. The van der Waals surface area contributed by atoms with E-state index in [1.807, 2.05) is 36.9 Å². The molecule has 0 bridgehead atoms. The van der Waals surface area contributed by atoms with Crippen LogP contribution in [-0.2, 0) is 4.79 Å². The van der Waals surface area contributed by atoms with Crippen LogP contribution in [-0.4, -0.2) is 18.1 Å².